The van der Waals surface area contributed by atoms with Gasteiger partial charge < -0.3 is 15.2 Å². The van der Waals surface area contributed by atoms with E-state index in [4.69, 9.17) is 11.6 Å². The number of carbonyl (C=O) groups is 2. The molecule has 3 aromatic rings. The second-order valence-corrected chi connectivity index (χ2v) is 6.81. The average Bonchev–Trinajstić information content (AvgIpc) is 2.92. The second kappa shape index (κ2) is 7.86. The minimum atomic E-state index is -0.364. The normalized spacial score (nSPS) is 10.6. The summed E-state index contributed by atoms with van der Waals surface area (Å²) in [5.74, 6) is -0.935. The Balaban J connectivity index is 1.88. The van der Waals surface area contributed by atoms with Crippen LogP contribution in [-0.2, 0) is 4.79 Å². The number of para-hydroxylation sites is 1. The number of carbonyl (C=O) groups excluding carboxylic acids is 2. The Morgan fingerprint density at radius 1 is 1.04 bits per heavy atom. The summed E-state index contributed by atoms with van der Waals surface area (Å²) in [5.41, 5.74) is 3.14. The molecule has 1 aromatic heterocycles. The number of rotatable bonds is 4. The number of aryl methyl sites for hydroxylation is 1. The molecule has 0 saturated heterocycles. The van der Waals surface area contributed by atoms with Gasteiger partial charge in [-0.2, -0.15) is 0 Å². The van der Waals surface area contributed by atoms with Gasteiger partial charge in [-0.1, -0.05) is 23.7 Å². The van der Waals surface area contributed by atoms with Crippen LogP contribution in [0, 0.1) is 19.7 Å². The third-order valence-corrected chi connectivity index (χ3v) is 4.62. The number of hydrogen-bond acceptors (Lipinski definition) is 2. The van der Waals surface area contributed by atoms with Crippen LogP contribution >= 0.6 is 11.6 Å². The maximum atomic E-state index is 14.2. The van der Waals surface area contributed by atoms with Gasteiger partial charge in [-0.05, 0) is 50.2 Å². The number of nitrogens with one attached hydrogen (secondary N) is 2. The Kier molecular flexibility index (Phi) is 5.51. The lowest BCUT2D eigenvalue weighted by Crippen LogP contribution is -2.13. The Labute approximate surface area is 167 Å². The number of aromatic nitrogens is 1. The Morgan fingerprint density at radius 2 is 1.75 bits per heavy atom. The topological polar surface area (TPSA) is 63.1 Å². The molecule has 0 aliphatic rings. The van der Waals surface area contributed by atoms with E-state index in [9.17, 15) is 14.0 Å². The molecule has 0 unspecified atom stereocenters. The monoisotopic (exact) mass is 399 g/mol. The summed E-state index contributed by atoms with van der Waals surface area (Å²) >= 11 is 6.15. The molecular weight excluding hydrogens is 381 g/mol. The maximum Gasteiger partial charge on any atom is 0.257 e. The van der Waals surface area contributed by atoms with E-state index in [-0.39, 0.29) is 17.6 Å². The number of benzene rings is 2. The minimum absolute atomic E-state index is 0.237. The van der Waals surface area contributed by atoms with Crippen molar-refractivity contribution in [2.45, 2.75) is 20.8 Å². The number of hydrogen-bond donors (Lipinski definition) is 2. The lowest BCUT2D eigenvalue weighted by atomic mass is 10.2. The summed E-state index contributed by atoms with van der Waals surface area (Å²) in [4.78, 5) is 23.9. The van der Waals surface area contributed by atoms with Gasteiger partial charge in [0.25, 0.3) is 5.91 Å². The third-order valence-electron chi connectivity index (χ3n) is 4.31. The molecule has 7 heteroatoms. The molecule has 1 heterocycles. The molecule has 0 spiro atoms. The van der Waals surface area contributed by atoms with E-state index in [1.165, 1.54) is 13.0 Å². The fraction of sp³-hybridized carbons (Fsp3) is 0.143. The average molecular weight is 400 g/mol. The molecule has 2 aromatic carbocycles. The van der Waals surface area contributed by atoms with E-state index in [0.29, 0.717) is 33.3 Å². The molecule has 3 rings (SSSR count). The number of amides is 2. The second-order valence-electron chi connectivity index (χ2n) is 6.40. The molecule has 144 valence electrons. The first-order valence-electron chi connectivity index (χ1n) is 8.60. The zero-order chi connectivity index (χ0) is 20.4. The van der Waals surface area contributed by atoms with Crippen LogP contribution < -0.4 is 10.6 Å². The highest BCUT2D eigenvalue weighted by Crippen LogP contribution is 2.27. The highest BCUT2D eigenvalue weighted by Gasteiger charge is 2.18. The fourth-order valence-corrected chi connectivity index (χ4v) is 3.31. The summed E-state index contributed by atoms with van der Waals surface area (Å²) in [6.45, 7) is 4.97. The number of halogens is 2. The molecule has 2 amide bonds. The van der Waals surface area contributed by atoms with Crippen molar-refractivity contribution in [3.05, 3.63) is 76.3 Å². The van der Waals surface area contributed by atoms with Gasteiger partial charge in [0.2, 0.25) is 5.91 Å². The van der Waals surface area contributed by atoms with Gasteiger partial charge in [0.1, 0.15) is 5.82 Å². The molecule has 0 aliphatic carbocycles. The van der Waals surface area contributed by atoms with Gasteiger partial charge in [-0.25, -0.2) is 4.39 Å². The van der Waals surface area contributed by atoms with Gasteiger partial charge in [-0.3, -0.25) is 9.59 Å². The smallest absolute Gasteiger partial charge is 0.257 e. The van der Waals surface area contributed by atoms with Gasteiger partial charge in [0.05, 0.1) is 22.0 Å². The summed E-state index contributed by atoms with van der Waals surface area (Å²) in [7, 11) is 0. The molecule has 0 radical (unpaired) electrons. The largest absolute Gasteiger partial charge is 0.325 e. The van der Waals surface area contributed by atoms with Crippen molar-refractivity contribution < 1.29 is 14.0 Å². The summed E-state index contributed by atoms with van der Waals surface area (Å²) in [5, 5.41) is 5.70. The van der Waals surface area contributed by atoms with Crippen LogP contribution in [0.4, 0.5) is 15.8 Å². The van der Waals surface area contributed by atoms with E-state index in [0.717, 1.165) is 5.69 Å². The maximum absolute atomic E-state index is 14.2. The lowest BCUT2D eigenvalue weighted by Gasteiger charge is -2.11. The van der Waals surface area contributed by atoms with Crippen LogP contribution in [-0.4, -0.2) is 16.4 Å². The summed E-state index contributed by atoms with van der Waals surface area (Å²) in [6.07, 6.45) is 0. The first kappa shape index (κ1) is 19.6. The van der Waals surface area contributed by atoms with Crippen LogP contribution in [0.25, 0.3) is 5.69 Å². The minimum Gasteiger partial charge on any atom is -0.325 e. The van der Waals surface area contributed by atoms with Crippen LogP contribution in [0.1, 0.15) is 28.7 Å². The predicted molar refractivity (Wildman–Crippen MR) is 109 cm³/mol. The highest BCUT2D eigenvalue weighted by atomic mass is 35.5. The molecular formula is C21H19ClFN3O2. The fourth-order valence-electron chi connectivity index (χ4n) is 3.08. The zero-order valence-corrected chi connectivity index (χ0v) is 16.4. The molecule has 0 fully saturated rings. The van der Waals surface area contributed by atoms with Crippen molar-refractivity contribution >= 4 is 34.8 Å². The molecule has 0 atom stereocenters. The Bertz CT molecular complexity index is 1080. The molecule has 5 nitrogen and oxygen atoms in total. The number of anilines is 2. The van der Waals surface area contributed by atoms with Crippen LogP contribution in [0.15, 0.2) is 48.5 Å². The summed E-state index contributed by atoms with van der Waals surface area (Å²) < 4.78 is 15.9. The highest BCUT2D eigenvalue weighted by molar-refractivity contribution is 6.34. The van der Waals surface area contributed by atoms with E-state index in [2.05, 4.69) is 10.6 Å². The Hall–Kier alpha value is -3.12. The van der Waals surface area contributed by atoms with E-state index in [1.807, 2.05) is 6.92 Å². The van der Waals surface area contributed by atoms with E-state index < -0.39 is 0 Å². The zero-order valence-electron chi connectivity index (χ0n) is 15.6. The quantitative estimate of drug-likeness (QED) is 0.641. The van der Waals surface area contributed by atoms with E-state index in [1.54, 1.807) is 54.0 Å². The summed E-state index contributed by atoms with van der Waals surface area (Å²) in [6, 6.07) is 12.9. The molecule has 2 N–H and O–H groups in total. The van der Waals surface area contributed by atoms with E-state index >= 15 is 0 Å². The van der Waals surface area contributed by atoms with Crippen molar-refractivity contribution in [3.8, 4) is 5.69 Å². The first-order valence-corrected chi connectivity index (χ1v) is 8.98. The standard InChI is InChI=1S/C21H19ClFN3O2/c1-12-10-16(13(2)26(12)20-7-5-4-6-18(20)23)21(28)25-15-8-9-19(17(22)11-15)24-14(3)27/h4-11H,1-3H3,(H,24,27)(H,25,28). The van der Waals surface area contributed by atoms with Gasteiger partial charge >= 0.3 is 0 Å². The van der Waals surface area contributed by atoms with Crippen LogP contribution in [0.3, 0.4) is 0 Å². The molecule has 0 aliphatic heterocycles. The van der Waals surface area contributed by atoms with Crippen molar-refractivity contribution in [1.82, 2.24) is 4.57 Å². The first-order chi connectivity index (χ1) is 13.3. The van der Waals surface area contributed by atoms with Crippen LogP contribution in [0.2, 0.25) is 5.02 Å². The molecule has 0 saturated carbocycles. The van der Waals surface area contributed by atoms with Crippen LogP contribution in [0.5, 0.6) is 0 Å². The van der Waals surface area contributed by atoms with Gasteiger partial charge in [-0.15, -0.1) is 0 Å². The lowest BCUT2D eigenvalue weighted by molar-refractivity contribution is -0.114. The molecule has 28 heavy (non-hydrogen) atoms. The van der Waals surface area contributed by atoms with Gasteiger partial charge in [0, 0.05) is 24.0 Å². The molecule has 0 bridgehead atoms. The SMILES string of the molecule is CC(=O)Nc1ccc(NC(=O)c2cc(C)n(-c3ccccc3F)c2C)cc1Cl. The van der Waals surface area contributed by atoms with Gasteiger partial charge in [0.15, 0.2) is 0 Å². The predicted octanol–water partition coefficient (Wildman–Crippen LogP) is 5.10. The number of nitrogens with zero attached hydrogens (tertiary/aromatic N) is 1. The van der Waals surface area contributed by atoms with Crippen molar-refractivity contribution in [2.75, 3.05) is 10.6 Å². The van der Waals surface area contributed by atoms with Crippen molar-refractivity contribution in [1.29, 1.82) is 0 Å². The Morgan fingerprint density at radius 3 is 2.39 bits per heavy atom. The van der Waals surface area contributed by atoms with Crippen molar-refractivity contribution in [3.63, 3.8) is 0 Å². The third kappa shape index (κ3) is 3.92. The van der Waals surface area contributed by atoms with Crippen molar-refractivity contribution in [2.24, 2.45) is 0 Å².